The third kappa shape index (κ3) is 3.26. The van der Waals surface area contributed by atoms with Gasteiger partial charge in [0.1, 0.15) is 5.82 Å². The van der Waals surface area contributed by atoms with Gasteiger partial charge in [0, 0.05) is 6.42 Å². The second-order valence-corrected chi connectivity index (χ2v) is 5.64. The van der Waals surface area contributed by atoms with Gasteiger partial charge in [-0.3, -0.25) is 4.79 Å². The fourth-order valence-electron chi connectivity index (χ4n) is 1.74. The van der Waals surface area contributed by atoms with Crippen LogP contribution in [0.1, 0.15) is 15.9 Å². The van der Waals surface area contributed by atoms with Crippen LogP contribution in [0.5, 0.6) is 0 Å². The first-order valence-corrected chi connectivity index (χ1v) is 7.02. The number of rotatable bonds is 3. The predicted octanol–water partition coefficient (Wildman–Crippen LogP) is 5.86. The molecule has 0 saturated carbocycles. The van der Waals surface area contributed by atoms with Crippen LogP contribution in [0.3, 0.4) is 0 Å². The zero-order chi connectivity index (χ0) is 14.9. The molecule has 0 unspecified atom stereocenters. The summed E-state index contributed by atoms with van der Waals surface area (Å²) < 4.78 is 13.1. The second kappa shape index (κ2) is 6.31. The molecular weight excluding hydrogens is 345 g/mol. The maximum absolute atomic E-state index is 13.1. The quantitative estimate of drug-likeness (QED) is 0.384. The molecule has 104 valence electrons. The maximum Gasteiger partial charge on any atom is 0.170 e. The van der Waals surface area contributed by atoms with Crippen LogP contribution in [0.25, 0.3) is 0 Å². The lowest BCUT2D eigenvalue weighted by atomic mass is 10.0. The highest BCUT2D eigenvalue weighted by molar-refractivity contribution is 6.51. The van der Waals surface area contributed by atoms with E-state index in [-0.39, 0.29) is 37.9 Å². The van der Waals surface area contributed by atoms with Gasteiger partial charge in [-0.15, -0.1) is 0 Å². The summed E-state index contributed by atoms with van der Waals surface area (Å²) >= 11 is 23.7. The Morgan fingerprint density at radius 1 is 1.00 bits per heavy atom. The number of Topliss-reactive ketones (excluding diaryl/α,β-unsaturated/α-hetero) is 1. The Morgan fingerprint density at radius 3 is 2.35 bits per heavy atom. The minimum absolute atomic E-state index is 0.00516. The van der Waals surface area contributed by atoms with Gasteiger partial charge in [0.2, 0.25) is 0 Å². The summed E-state index contributed by atoms with van der Waals surface area (Å²) in [5.74, 6) is -0.772. The second-order valence-electron chi connectivity index (χ2n) is 4.07. The van der Waals surface area contributed by atoms with Crippen molar-refractivity contribution in [2.24, 2.45) is 0 Å². The van der Waals surface area contributed by atoms with Crippen molar-refractivity contribution in [3.05, 3.63) is 67.4 Å². The van der Waals surface area contributed by atoms with Crippen LogP contribution >= 0.6 is 46.4 Å². The van der Waals surface area contributed by atoms with Crippen molar-refractivity contribution in [1.29, 1.82) is 0 Å². The van der Waals surface area contributed by atoms with Crippen LogP contribution in [-0.4, -0.2) is 5.78 Å². The summed E-state index contributed by atoms with van der Waals surface area (Å²) in [5, 5.41) is 0.362. The Hall–Kier alpha value is -0.800. The summed E-state index contributed by atoms with van der Waals surface area (Å²) in [6.45, 7) is 0. The van der Waals surface area contributed by atoms with E-state index >= 15 is 0 Å². The molecule has 0 bridgehead atoms. The van der Waals surface area contributed by atoms with Crippen molar-refractivity contribution in [2.75, 3.05) is 0 Å². The molecule has 2 rings (SSSR count). The molecule has 2 aromatic carbocycles. The highest BCUT2D eigenvalue weighted by Gasteiger charge is 2.20. The van der Waals surface area contributed by atoms with Gasteiger partial charge in [-0.1, -0.05) is 58.5 Å². The molecule has 0 aliphatic rings. The number of benzene rings is 2. The predicted molar refractivity (Wildman–Crippen MR) is 80.9 cm³/mol. The third-order valence-electron chi connectivity index (χ3n) is 2.65. The van der Waals surface area contributed by atoms with E-state index in [1.807, 2.05) is 0 Å². The standard InChI is InChI=1S/C14H7Cl4FO/c15-9-6-10(16)13(17)14(18)12(9)11(20)5-7-2-1-3-8(19)4-7/h1-4,6H,5H2. The number of ketones is 1. The van der Waals surface area contributed by atoms with Crippen LogP contribution in [0.2, 0.25) is 20.1 Å². The Bertz CT molecular complexity index is 685. The van der Waals surface area contributed by atoms with E-state index in [0.29, 0.717) is 5.56 Å². The minimum atomic E-state index is -0.415. The Kier molecular flexibility index (Phi) is 4.92. The van der Waals surface area contributed by atoms with Gasteiger partial charge in [0.05, 0.1) is 25.7 Å². The molecule has 0 aliphatic carbocycles. The van der Waals surface area contributed by atoms with Gasteiger partial charge >= 0.3 is 0 Å². The lowest BCUT2D eigenvalue weighted by Gasteiger charge is -2.09. The fraction of sp³-hybridized carbons (Fsp3) is 0.0714. The molecule has 0 spiro atoms. The van der Waals surface area contributed by atoms with E-state index in [1.54, 1.807) is 6.07 Å². The third-order valence-corrected chi connectivity index (χ3v) is 4.21. The van der Waals surface area contributed by atoms with E-state index in [9.17, 15) is 9.18 Å². The van der Waals surface area contributed by atoms with Crippen molar-refractivity contribution < 1.29 is 9.18 Å². The van der Waals surface area contributed by atoms with E-state index in [1.165, 1.54) is 24.3 Å². The SMILES string of the molecule is O=C(Cc1cccc(F)c1)c1c(Cl)cc(Cl)c(Cl)c1Cl. The lowest BCUT2D eigenvalue weighted by molar-refractivity contribution is 0.0993. The van der Waals surface area contributed by atoms with Crippen molar-refractivity contribution in [2.45, 2.75) is 6.42 Å². The summed E-state index contributed by atoms with van der Waals surface area (Å²) in [6, 6.07) is 7.09. The maximum atomic E-state index is 13.1. The Labute approximate surface area is 135 Å². The molecule has 0 aromatic heterocycles. The summed E-state index contributed by atoms with van der Waals surface area (Å²) in [4.78, 5) is 12.2. The Balaban J connectivity index is 2.37. The van der Waals surface area contributed by atoms with Gasteiger partial charge < -0.3 is 0 Å². The van der Waals surface area contributed by atoms with E-state index in [0.717, 1.165) is 0 Å². The smallest absolute Gasteiger partial charge is 0.170 e. The molecule has 0 saturated heterocycles. The van der Waals surface area contributed by atoms with Crippen molar-refractivity contribution in [1.82, 2.24) is 0 Å². The molecule has 1 nitrogen and oxygen atoms in total. The molecule has 2 aromatic rings. The molecule has 0 heterocycles. The number of hydrogen-bond acceptors (Lipinski definition) is 1. The van der Waals surface area contributed by atoms with Crippen molar-refractivity contribution >= 4 is 52.2 Å². The molecule has 0 amide bonds. The van der Waals surface area contributed by atoms with Gasteiger partial charge in [-0.25, -0.2) is 4.39 Å². The Morgan fingerprint density at radius 2 is 1.70 bits per heavy atom. The van der Waals surface area contributed by atoms with Crippen molar-refractivity contribution in [3.8, 4) is 0 Å². The molecule has 0 fully saturated rings. The molecule has 6 heteroatoms. The van der Waals surface area contributed by atoms with E-state index in [4.69, 9.17) is 46.4 Å². The van der Waals surface area contributed by atoms with Crippen molar-refractivity contribution in [3.63, 3.8) is 0 Å². The van der Waals surface area contributed by atoms with Gasteiger partial charge in [-0.2, -0.15) is 0 Å². The molecule has 0 radical (unpaired) electrons. The van der Waals surface area contributed by atoms with Crippen LogP contribution in [0.15, 0.2) is 30.3 Å². The minimum Gasteiger partial charge on any atom is -0.294 e. The fourth-order valence-corrected chi connectivity index (χ4v) is 2.87. The first-order chi connectivity index (χ1) is 9.40. The molecule has 0 aliphatic heterocycles. The number of halogens is 5. The largest absolute Gasteiger partial charge is 0.294 e. The monoisotopic (exact) mass is 350 g/mol. The lowest BCUT2D eigenvalue weighted by Crippen LogP contribution is -2.06. The zero-order valence-electron chi connectivity index (χ0n) is 9.89. The first-order valence-electron chi connectivity index (χ1n) is 5.50. The highest BCUT2D eigenvalue weighted by atomic mass is 35.5. The first kappa shape index (κ1) is 15.6. The van der Waals surface area contributed by atoms with Gasteiger partial charge in [0.25, 0.3) is 0 Å². The van der Waals surface area contributed by atoms with Crippen LogP contribution in [-0.2, 0) is 6.42 Å². The molecule has 0 atom stereocenters. The number of carbonyl (C=O) groups is 1. The van der Waals surface area contributed by atoms with Crippen LogP contribution < -0.4 is 0 Å². The topological polar surface area (TPSA) is 17.1 Å². The van der Waals surface area contributed by atoms with E-state index < -0.39 is 5.82 Å². The highest BCUT2D eigenvalue weighted by Crippen LogP contribution is 2.37. The number of hydrogen-bond donors (Lipinski definition) is 0. The summed E-state index contributed by atoms with van der Waals surface area (Å²) in [5.41, 5.74) is 0.611. The normalized spacial score (nSPS) is 10.7. The van der Waals surface area contributed by atoms with Crippen LogP contribution in [0, 0.1) is 5.82 Å². The summed E-state index contributed by atoms with van der Waals surface area (Å²) in [7, 11) is 0. The molecule has 0 N–H and O–H groups in total. The van der Waals surface area contributed by atoms with E-state index in [2.05, 4.69) is 0 Å². The number of carbonyl (C=O) groups excluding carboxylic acids is 1. The average molecular weight is 352 g/mol. The summed E-state index contributed by atoms with van der Waals surface area (Å²) in [6.07, 6.45) is -0.0326. The molecular formula is C14H7Cl4FO. The van der Waals surface area contributed by atoms with Crippen LogP contribution in [0.4, 0.5) is 4.39 Å². The molecule has 20 heavy (non-hydrogen) atoms. The average Bonchev–Trinajstić information content (AvgIpc) is 2.36. The van der Waals surface area contributed by atoms with Gasteiger partial charge in [-0.05, 0) is 23.8 Å². The zero-order valence-corrected chi connectivity index (χ0v) is 12.9. The van der Waals surface area contributed by atoms with Gasteiger partial charge in [0.15, 0.2) is 5.78 Å².